The average molecular weight is 441 g/mol. The van der Waals surface area contributed by atoms with Crippen LogP contribution in [0.5, 0.6) is 0 Å². The predicted octanol–water partition coefficient (Wildman–Crippen LogP) is 1.96. The molecule has 3 aliphatic rings. The fraction of sp³-hybridized carbons (Fsp3) is 0.864. The first kappa shape index (κ1) is 23.4. The van der Waals surface area contributed by atoms with E-state index in [-0.39, 0.29) is 42.2 Å². The highest BCUT2D eigenvalue weighted by Gasteiger charge is 2.74. The molecule has 1 spiro atoms. The van der Waals surface area contributed by atoms with Gasteiger partial charge >= 0.3 is 5.97 Å². The SMILES string of the molecule is CCCCCNC(=O)C1N([C@@H](CO)C(C)C)C(=O)[C@@H]2[C@@H](C(=O)OCC)[C@H]3CCC12S3. The summed E-state index contributed by atoms with van der Waals surface area (Å²) in [5.74, 6) is -1.73. The molecule has 30 heavy (non-hydrogen) atoms. The fourth-order valence-corrected chi connectivity index (χ4v) is 7.75. The van der Waals surface area contributed by atoms with Gasteiger partial charge in [0.15, 0.2) is 0 Å². The topological polar surface area (TPSA) is 95.9 Å². The van der Waals surface area contributed by atoms with Crippen molar-refractivity contribution < 1.29 is 24.2 Å². The smallest absolute Gasteiger partial charge is 0.310 e. The monoisotopic (exact) mass is 440 g/mol. The Morgan fingerprint density at radius 2 is 2.07 bits per heavy atom. The predicted molar refractivity (Wildman–Crippen MR) is 116 cm³/mol. The van der Waals surface area contributed by atoms with Gasteiger partial charge in [-0.3, -0.25) is 14.4 Å². The number of amides is 2. The van der Waals surface area contributed by atoms with E-state index in [1.54, 1.807) is 23.6 Å². The van der Waals surface area contributed by atoms with Crippen LogP contribution in [-0.4, -0.2) is 69.6 Å². The maximum Gasteiger partial charge on any atom is 0.310 e. The van der Waals surface area contributed by atoms with Gasteiger partial charge in [-0.05, 0) is 32.1 Å². The molecule has 3 fully saturated rings. The molecule has 0 radical (unpaired) electrons. The molecule has 2 amide bonds. The molecule has 6 atom stereocenters. The first-order chi connectivity index (χ1) is 14.3. The highest BCUT2D eigenvalue weighted by atomic mass is 32.2. The van der Waals surface area contributed by atoms with E-state index in [2.05, 4.69) is 12.2 Å². The number of carbonyl (C=O) groups is 3. The molecule has 3 heterocycles. The van der Waals surface area contributed by atoms with E-state index >= 15 is 0 Å². The standard InChI is InChI=1S/C22H36N2O5S/c1-5-7-8-11-23-19(26)18-22-10-9-15(30-22)16(21(28)29-6-2)17(22)20(27)24(18)14(12-25)13(3)4/h13-18,25H,5-12H2,1-4H3,(H,23,26)/t14-,15+,16-,17-,18?,22?/m0/s1. The average Bonchev–Trinajstić information content (AvgIpc) is 3.34. The molecule has 0 aromatic carbocycles. The molecular weight excluding hydrogens is 404 g/mol. The van der Waals surface area contributed by atoms with Crippen molar-refractivity contribution in [1.29, 1.82) is 0 Å². The number of hydrogen-bond donors (Lipinski definition) is 2. The number of rotatable bonds is 10. The van der Waals surface area contributed by atoms with E-state index in [0.717, 1.165) is 32.1 Å². The summed E-state index contributed by atoms with van der Waals surface area (Å²) < 4.78 is 4.70. The number of likely N-dealkylation sites (tertiary alicyclic amines) is 1. The van der Waals surface area contributed by atoms with Gasteiger partial charge in [0.25, 0.3) is 0 Å². The van der Waals surface area contributed by atoms with E-state index in [9.17, 15) is 19.5 Å². The van der Waals surface area contributed by atoms with Gasteiger partial charge in [0.05, 0.1) is 35.8 Å². The molecule has 3 saturated heterocycles. The molecule has 2 unspecified atom stereocenters. The van der Waals surface area contributed by atoms with E-state index in [1.165, 1.54) is 0 Å². The van der Waals surface area contributed by atoms with Crippen molar-refractivity contribution in [2.45, 2.75) is 81.9 Å². The van der Waals surface area contributed by atoms with Crippen molar-refractivity contribution in [2.75, 3.05) is 19.8 Å². The number of aliphatic hydroxyl groups is 1. The molecule has 0 aromatic rings. The van der Waals surface area contributed by atoms with Crippen LogP contribution in [0.15, 0.2) is 0 Å². The Hall–Kier alpha value is -1.28. The Bertz CT molecular complexity index is 672. The van der Waals surface area contributed by atoms with Crippen LogP contribution >= 0.6 is 11.8 Å². The second kappa shape index (κ2) is 9.47. The minimum Gasteiger partial charge on any atom is -0.466 e. The van der Waals surface area contributed by atoms with E-state index in [1.807, 2.05) is 13.8 Å². The summed E-state index contributed by atoms with van der Waals surface area (Å²) in [7, 11) is 0. The number of fused-ring (bicyclic) bond motifs is 1. The molecule has 8 heteroatoms. The lowest BCUT2D eigenvalue weighted by atomic mass is 9.71. The Balaban J connectivity index is 1.95. The molecule has 0 saturated carbocycles. The lowest BCUT2D eigenvalue weighted by Gasteiger charge is -2.38. The molecule has 3 aliphatic heterocycles. The van der Waals surface area contributed by atoms with Crippen molar-refractivity contribution in [1.82, 2.24) is 10.2 Å². The van der Waals surface area contributed by atoms with Crippen LogP contribution in [0.25, 0.3) is 0 Å². The van der Waals surface area contributed by atoms with Crippen molar-refractivity contribution in [3.05, 3.63) is 0 Å². The second-order valence-corrected chi connectivity index (χ2v) is 10.6. The second-order valence-electron chi connectivity index (χ2n) is 9.05. The maximum atomic E-state index is 13.7. The van der Waals surface area contributed by atoms with E-state index in [0.29, 0.717) is 6.54 Å². The van der Waals surface area contributed by atoms with Crippen LogP contribution in [0.2, 0.25) is 0 Å². The van der Waals surface area contributed by atoms with Crippen molar-refractivity contribution in [3.63, 3.8) is 0 Å². The number of unbranched alkanes of at least 4 members (excludes halogenated alkanes) is 2. The number of carbonyl (C=O) groups excluding carboxylic acids is 3. The summed E-state index contributed by atoms with van der Waals surface area (Å²) >= 11 is 1.63. The van der Waals surface area contributed by atoms with Crippen LogP contribution in [-0.2, 0) is 19.1 Å². The fourth-order valence-electron chi connectivity index (χ4n) is 5.56. The summed E-state index contributed by atoms with van der Waals surface area (Å²) in [4.78, 5) is 41.5. The van der Waals surface area contributed by atoms with Gasteiger partial charge in [-0.1, -0.05) is 33.6 Å². The third-order valence-electron chi connectivity index (χ3n) is 6.94. The molecule has 0 aliphatic carbocycles. The molecule has 0 aromatic heterocycles. The lowest BCUT2D eigenvalue weighted by Crippen LogP contribution is -2.57. The van der Waals surface area contributed by atoms with Crippen molar-refractivity contribution in [3.8, 4) is 0 Å². The van der Waals surface area contributed by atoms with Gasteiger partial charge in [-0.15, -0.1) is 11.8 Å². The zero-order valence-corrected chi connectivity index (χ0v) is 19.4. The van der Waals surface area contributed by atoms with Crippen LogP contribution < -0.4 is 5.32 Å². The Morgan fingerprint density at radius 1 is 1.33 bits per heavy atom. The Labute approximate surface area is 183 Å². The normalized spacial score (nSPS) is 33.1. The van der Waals surface area contributed by atoms with Gasteiger partial charge in [0.1, 0.15) is 6.04 Å². The van der Waals surface area contributed by atoms with Crippen molar-refractivity contribution >= 4 is 29.5 Å². The van der Waals surface area contributed by atoms with Crippen LogP contribution in [0, 0.1) is 17.8 Å². The highest BCUT2D eigenvalue weighted by Crippen LogP contribution is 2.66. The summed E-state index contributed by atoms with van der Waals surface area (Å²) in [5, 5.41) is 13.1. The first-order valence-corrected chi connectivity index (χ1v) is 12.3. The quantitative estimate of drug-likeness (QED) is 0.398. The Kier molecular flexibility index (Phi) is 7.38. The number of thioether (sulfide) groups is 1. The summed E-state index contributed by atoms with van der Waals surface area (Å²) in [5.41, 5.74) is 0. The molecule has 2 N–H and O–H groups in total. The van der Waals surface area contributed by atoms with Gasteiger partial charge in [-0.25, -0.2) is 0 Å². The molecule has 2 bridgehead atoms. The number of ether oxygens (including phenoxy) is 1. The minimum atomic E-state index is -0.661. The summed E-state index contributed by atoms with van der Waals surface area (Å²) in [6.45, 7) is 8.42. The largest absolute Gasteiger partial charge is 0.466 e. The number of aliphatic hydroxyl groups excluding tert-OH is 1. The van der Waals surface area contributed by atoms with Crippen LogP contribution in [0.4, 0.5) is 0 Å². The minimum absolute atomic E-state index is 0.00666. The Morgan fingerprint density at radius 3 is 2.67 bits per heavy atom. The zero-order chi connectivity index (χ0) is 22.1. The maximum absolute atomic E-state index is 13.7. The number of esters is 1. The lowest BCUT2D eigenvalue weighted by molar-refractivity contribution is -0.154. The number of nitrogens with one attached hydrogen (secondary N) is 1. The van der Waals surface area contributed by atoms with Gasteiger partial charge < -0.3 is 20.1 Å². The summed E-state index contributed by atoms with van der Waals surface area (Å²) in [6, 6.07) is -1.11. The molecular formula is C22H36N2O5S. The number of hydrogen-bond acceptors (Lipinski definition) is 6. The van der Waals surface area contributed by atoms with Crippen molar-refractivity contribution in [2.24, 2.45) is 17.8 Å². The van der Waals surface area contributed by atoms with Gasteiger partial charge in [-0.2, -0.15) is 0 Å². The molecule has 3 rings (SSSR count). The van der Waals surface area contributed by atoms with E-state index < -0.39 is 28.7 Å². The first-order valence-electron chi connectivity index (χ1n) is 11.4. The molecule has 7 nitrogen and oxygen atoms in total. The molecule has 170 valence electrons. The van der Waals surface area contributed by atoms with E-state index in [4.69, 9.17) is 4.74 Å². The third kappa shape index (κ3) is 3.74. The van der Waals surface area contributed by atoms with Crippen LogP contribution in [0.1, 0.15) is 59.8 Å². The van der Waals surface area contributed by atoms with Gasteiger partial charge in [0.2, 0.25) is 11.8 Å². The highest BCUT2D eigenvalue weighted by molar-refractivity contribution is 8.02. The summed E-state index contributed by atoms with van der Waals surface area (Å²) in [6.07, 6.45) is 4.53. The zero-order valence-electron chi connectivity index (χ0n) is 18.6. The van der Waals surface area contributed by atoms with Gasteiger partial charge in [0, 0.05) is 11.8 Å². The van der Waals surface area contributed by atoms with Crippen LogP contribution in [0.3, 0.4) is 0 Å². The third-order valence-corrected chi connectivity index (χ3v) is 8.89. The number of nitrogens with zero attached hydrogens (tertiary/aromatic N) is 1.